The zero-order chi connectivity index (χ0) is 21.2. The Morgan fingerprint density at radius 1 is 1.07 bits per heavy atom. The zero-order valence-electron chi connectivity index (χ0n) is 16.8. The van der Waals surface area contributed by atoms with E-state index in [-0.39, 0.29) is 18.0 Å². The fourth-order valence-electron chi connectivity index (χ4n) is 3.19. The van der Waals surface area contributed by atoms with Gasteiger partial charge in [0.25, 0.3) is 15.9 Å². The largest absolute Gasteiger partial charge is 0.347 e. The van der Waals surface area contributed by atoms with Gasteiger partial charge in [0.2, 0.25) is 0 Å². The molecule has 6 nitrogen and oxygen atoms in total. The Balaban J connectivity index is 1.60. The Morgan fingerprint density at radius 3 is 2.28 bits per heavy atom. The summed E-state index contributed by atoms with van der Waals surface area (Å²) in [6.45, 7) is 9.11. The molecule has 2 aromatic rings. The highest BCUT2D eigenvalue weighted by molar-refractivity contribution is 7.91. The molecule has 0 spiro atoms. The Hall–Kier alpha value is -1.45. The van der Waals surface area contributed by atoms with Crippen LogP contribution in [-0.4, -0.2) is 55.2 Å². The minimum atomic E-state index is -3.51. The van der Waals surface area contributed by atoms with E-state index in [9.17, 15) is 13.2 Å². The van der Waals surface area contributed by atoms with Crippen molar-refractivity contribution in [2.45, 2.75) is 37.1 Å². The number of sulfonamides is 1. The van der Waals surface area contributed by atoms with E-state index in [1.165, 1.54) is 11.3 Å². The van der Waals surface area contributed by atoms with Crippen molar-refractivity contribution < 1.29 is 13.2 Å². The standard InChI is InChI=1S/C20H26ClN3O3S2/c1-20(2,3)23-10-12-24(13-11-23)29(26,27)18-9-8-17(28-18)14-22-19(25)15-4-6-16(21)7-5-15/h4-9H,10-14H2,1-3H3,(H,22,25). The van der Waals surface area contributed by atoms with Gasteiger partial charge in [0.1, 0.15) is 4.21 Å². The zero-order valence-corrected chi connectivity index (χ0v) is 19.2. The van der Waals surface area contributed by atoms with Gasteiger partial charge in [0.05, 0.1) is 6.54 Å². The van der Waals surface area contributed by atoms with Crippen LogP contribution in [0.25, 0.3) is 0 Å². The number of rotatable bonds is 5. The third kappa shape index (κ3) is 5.38. The molecule has 0 saturated carbocycles. The molecular formula is C20H26ClN3O3S2. The molecule has 0 unspecified atom stereocenters. The summed E-state index contributed by atoms with van der Waals surface area (Å²) in [5.41, 5.74) is 0.546. The maximum Gasteiger partial charge on any atom is 0.252 e. The van der Waals surface area contributed by atoms with Crippen LogP contribution in [0.15, 0.2) is 40.6 Å². The number of halogens is 1. The van der Waals surface area contributed by atoms with E-state index in [1.807, 2.05) is 0 Å². The van der Waals surface area contributed by atoms with Crippen LogP contribution in [0.2, 0.25) is 5.02 Å². The number of nitrogens with zero attached hydrogens (tertiary/aromatic N) is 2. The summed E-state index contributed by atoms with van der Waals surface area (Å²) in [4.78, 5) is 15.3. The Bertz CT molecular complexity index is 958. The molecule has 3 rings (SSSR count). The lowest BCUT2D eigenvalue weighted by molar-refractivity contribution is 0.0922. The Labute approximate surface area is 181 Å². The summed E-state index contributed by atoms with van der Waals surface area (Å²) in [6, 6.07) is 10.0. The van der Waals surface area contributed by atoms with E-state index in [1.54, 1.807) is 40.7 Å². The maximum atomic E-state index is 13.0. The number of amides is 1. The third-order valence-corrected chi connectivity index (χ3v) is 8.65. The minimum Gasteiger partial charge on any atom is -0.347 e. The van der Waals surface area contributed by atoms with Crippen LogP contribution in [0.1, 0.15) is 36.0 Å². The van der Waals surface area contributed by atoms with Crippen molar-refractivity contribution in [2.24, 2.45) is 0 Å². The number of nitrogens with one attached hydrogen (secondary N) is 1. The molecule has 29 heavy (non-hydrogen) atoms. The van der Waals surface area contributed by atoms with Crippen molar-refractivity contribution in [3.8, 4) is 0 Å². The van der Waals surface area contributed by atoms with Crippen molar-refractivity contribution >= 4 is 38.9 Å². The quantitative estimate of drug-likeness (QED) is 0.749. The summed E-state index contributed by atoms with van der Waals surface area (Å²) in [6.07, 6.45) is 0. The second-order valence-electron chi connectivity index (χ2n) is 7.97. The van der Waals surface area contributed by atoms with Gasteiger partial charge in [-0.2, -0.15) is 4.31 Å². The summed E-state index contributed by atoms with van der Waals surface area (Å²) < 4.78 is 27.8. The topological polar surface area (TPSA) is 69.7 Å². The molecule has 1 N–H and O–H groups in total. The van der Waals surface area contributed by atoms with E-state index >= 15 is 0 Å². The van der Waals surface area contributed by atoms with Crippen LogP contribution in [0.4, 0.5) is 0 Å². The van der Waals surface area contributed by atoms with Gasteiger partial charge in [-0.15, -0.1) is 11.3 Å². The van der Waals surface area contributed by atoms with Crippen LogP contribution in [0.5, 0.6) is 0 Å². The number of carbonyl (C=O) groups excluding carboxylic acids is 1. The summed E-state index contributed by atoms with van der Waals surface area (Å²) in [5.74, 6) is -0.224. The first-order valence-electron chi connectivity index (χ1n) is 9.45. The third-order valence-electron chi connectivity index (χ3n) is 4.95. The Morgan fingerprint density at radius 2 is 1.69 bits per heavy atom. The summed E-state index contributed by atoms with van der Waals surface area (Å²) in [5, 5.41) is 3.38. The summed E-state index contributed by atoms with van der Waals surface area (Å²) in [7, 11) is -3.51. The average molecular weight is 456 g/mol. The van der Waals surface area contributed by atoms with E-state index in [4.69, 9.17) is 11.6 Å². The SMILES string of the molecule is CC(C)(C)N1CCN(S(=O)(=O)c2ccc(CNC(=O)c3ccc(Cl)cc3)s2)CC1. The van der Waals surface area contributed by atoms with Gasteiger partial charge in [-0.05, 0) is 57.2 Å². The smallest absolute Gasteiger partial charge is 0.252 e. The molecule has 1 aliphatic heterocycles. The van der Waals surface area contributed by atoms with Crippen LogP contribution in [0, 0.1) is 0 Å². The van der Waals surface area contributed by atoms with Gasteiger partial charge in [-0.3, -0.25) is 9.69 Å². The van der Waals surface area contributed by atoms with E-state index in [0.717, 1.165) is 18.0 Å². The molecular weight excluding hydrogens is 430 g/mol. The lowest BCUT2D eigenvalue weighted by Crippen LogP contribution is -2.54. The molecule has 0 aliphatic carbocycles. The molecule has 1 aromatic heterocycles. The minimum absolute atomic E-state index is 0.0360. The van der Waals surface area contributed by atoms with Gasteiger partial charge >= 0.3 is 0 Å². The lowest BCUT2D eigenvalue weighted by Gasteiger charge is -2.41. The van der Waals surface area contributed by atoms with Crippen LogP contribution in [-0.2, 0) is 16.6 Å². The van der Waals surface area contributed by atoms with Crippen LogP contribution < -0.4 is 5.32 Å². The second kappa shape index (κ2) is 8.73. The molecule has 1 amide bonds. The molecule has 2 heterocycles. The number of thiophene rings is 1. The van der Waals surface area contributed by atoms with E-state index < -0.39 is 10.0 Å². The molecule has 1 aliphatic rings. The normalized spacial score (nSPS) is 16.7. The highest BCUT2D eigenvalue weighted by Crippen LogP contribution is 2.27. The second-order valence-corrected chi connectivity index (χ2v) is 11.7. The maximum absolute atomic E-state index is 13.0. The fraction of sp³-hybridized carbons (Fsp3) is 0.450. The van der Waals surface area contributed by atoms with Crippen LogP contribution >= 0.6 is 22.9 Å². The molecule has 0 radical (unpaired) electrons. The van der Waals surface area contributed by atoms with Crippen LogP contribution in [0.3, 0.4) is 0 Å². The molecule has 9 heteroatoms. The highest BCUT2D eigenvalue weighted by atomic mass is 35.5. The molecule has 1 saturated heterocycles. The van der Waals surface area contributed by atoms with Gasteiger partial charge in [-0.25, -0.2) is 8.42 Å². The number of hydrogen-bond acceptors (Lipinski definition) is 5. The van der Waals surface area contributed by atoms with E-state index in [2.05, 4.69) is 31.0 Å². The average Bonchev–Trinajstić information content (AvgIpc) is 3.16. The van der Waals surface area contributed by atoms with Gasteiger partial charge in [-0.1, -0.05) is 11.6 Å². The van der Waals surface area contributed by atoms with Gasteiger partial charge in [0, 0.05) is 47.2 Å². The lowest BCUT2D eigenvalue weighted by atomic mass is 10.1. The molecule has 0 atom stereocenters. The number of piperazine rings is 1. The predicted molar refractivity (Wildman–Crippen MR) is 117 cm³/mol. The van der Waals surface area contributed by atoms with Gasteiger partial charge < -0.3 is 5.32 Å². The van der Waals surface area contributed by atoms with Crippen molar-refractivity contribution in [1.29, 1.82) is 0 Å². The first-order valence-corrected chi connectivity index (χ1v) is 12.1. The van der Waals surface area contributed by atoms with Gasteiger partial charge in [0.15, 0.2) is 0 Å². The molecule has 1 fully saturated rings. The Kier molecular flexibility index (Phi) is 6.70. The highest BCUT2D eigenvalue weighted by Gasteiger charge is 2.32. The molecule has 158 valence electrons. The number of carbonyl (C=O) groups is 1. The number of hydrogen-bond donors (Lipinski definition) is 1. The number of benzene rings is 1. The molecule has 0 bridgehead atoms. The monoisotopic (exact) mass is 455 g/mol. The van der Waals surface area contributed by atoms with Crippen molar-refractivity contribution in [2.75, 3.05) is 26.2 Å². The fourth-order valence-corrected chi connectivity index (χ4v) is 6.19. The first-order chi connectivity index (χ1) is 13.6. The van der Waals surface area contributed by atoms with E-state index in [0.29, 0.717) is 27.9 Å². The van der Waals surface area contributed by atoms with Crippen molar-refractivity contribution in [3.05, 3.63) is 51.9 Å². The molecule has 1 aromatic carbocycles. The van der Waals surface area contributed by atoms with Crippen molar-refractivity contribution in [3.63, 3.8) is 0 Å². The predicted octanol–water partition coefficient (Wildman–Crippen LogP) is 3.44. The summed E-state index contributed by atoms with van der Waals surface area (Å²) >= 11 is 7.04. The first kappa shape index (κ1) is 22.2. The van der Waals surface area contributed by atoms with Crippen molar-refractivity contribution in [1.82, 2.24) is 14.5 Å².